The number of nitrogens with zero attached hydrogens (tertiary/aromatic N) is 1. The van der Waals surface area contributed by atoms with Crippen LogP contribution in [-0.4, -0.2) is 34.5 Å². The predicted octanol–water partition coefficient (Wildman–Crippen LogP) is 4.05. The Morgan fingerprint density at radius 1 is 1.16 bits per heavy atom. The molecule has 1 aromatic heterocycles. The monoisotopic (exact) mass is 378 g/mol. The zero-order valence-corrected chi connectivity index (χ0v) is 15.3. The number of halogens is 2. The lowest BCUT2D eigenvalue weighted by Crippen LogP contribution is -2.23. The molecule has 25 heavy (non-hydrogen) atoms. The normalized spacial score (nSPS) is 11.8. The number of aryl methyl sites for hydroxylation is 1. The first-order chi connectivity index (χ1) is 11.6. The molecule has 0 aliphatic rings. The van der Waals surface area contributed by atoms with Crippen molar-refractivity contribution < 1.29 is 10.2 Å². The SMILES string of the molecule is Cc1ccc(-c2cc(NC[C@H](O)CO)c3ccccc3n2)cc1Cl.Cl. The van der Waals surface area contributed by atoms with Gasteiger partial charge in [-0.05, 0) is 30.7 Å². The van der Waals surface area contributed by atoms with E-state index in [0.29, 0.717) is 5.02 Å². The van der Waals surface area contributed by atoms with E-state index in [0.717, 1.165) is 33.4 Å². The smallest absolute Gasteiger partial charge is 0.0942 e. The minimum atomic E-state index is -0.811. The summed E-state index contributed by atoms with van der Waals surface area (Å²) in [5, 5.41) is 23.5. The Hall–Kier alpha value is -1.85. The Morgan fingerprint density at radius 2 is 1.92 bits per heavy atom. The lowest BCUT2D eigenvalue weighted by molar-refractivity contribution is 0.105. The van der Waals surface area contributed by atoms with Crippen molar-refractivity contribution in [3.8, 4) is 11.3 Å². The zero-order chi connectivity index (χ0) is 17.1. The molecule has 0 amide bonds. The van der Waals surface area contributed by atoms with Gasteiger partial charge in [-0.25, -0.2) is 4.98 Å². The molecule has 0 fully saturated rings. The van der Waals surface area contributed by atoms with Crippen LogP contribution in [0.15, 0.2) is 48.5 Å². The molecule has 0 bridgehead atoms. The van der Waals surface area contributed by atoms with Crippen LogP contribution in [0.4, 0.5) is 5.69 Å². The summed E-state index contributed by atoms with van der Waals surface area (Å²) in [4.78, 5) is 4.71. The Morgan fingerprint density at radius 3 is 2.64 bits per heavy atom. The predicted molar refractivity (Wildman–Crippen MR) is 106 cm³/mol. The fourth-order valence-corrected chi connectivity index (χ4v) is 2.69. The third kappa shape index (κ3) is 4.41. The molecule has 1 atom stereocenters. The molecule has 132 valence electrons. The summed E-state index contributed by atoms with van der Waals surface area (Å²) in [7, 11) is 0. The number of benzene rings is 2. The van der Waals surface area contributed by atoms with E-state index < -0.39 is 6.10 Å². The van der Waals surface area contributed by atoms with Crippen LogP contribution < -0.4 is 5.32 Å². The van der Waals surface area contributed by atoms with E-state index in [1.807, 2.05) is 55.5 Å². The standard InChI is InChI=1S/C19H19ClN2O2.ClH/c1-12-6-7-13(8-16(12)20)18-9-19(21-10-14(24)11-23)15-4-2-3-5-17(15)22-18;/h2-9,14,23-24H,10-11H2,1H3,(H,21,22);1H/t14-;/m0./s1. The minimum absolute atomic E-state index is 0. The number of fused-ring (bicyclic) bond motifs is 1. The number of pyridine rings is 1. The van der Waals surface area contributed by atoms with Crippen LogP contribution in [0.1, 0.15) is 5.56 Å². The summed E-state index contributed by atoms with van der Waals surface area (Å²) in [5.74, 6) is 0. The van der Waals surface area contributed by atoms with Gasteiger partial charge in [0.15, 0.2) is 0 Å². The summed E-state index contributed by atoms with van der Waals surface area (Å²) >= 11 is 6.24. The van der Waals surface area contributed by atoms with Crippen molar-refractivity contribution in [3.63, 3.8) is 0 Å². The maximum absolute atomic E-state index is 9.60. The molecular weight excluding hydrogens is 359 g/mol. The number of hydrogen-bond donors (Lipinski definition) is 3. The van der Waals surface area contributed by atoms with E-state index in [9.17, 15) is 5.11 Å². The molecule has 0 aliphatic heterocycles. The molecule has 0 spiro atoms. The number of aliphatic hydroxyl groups is 2. The molecule has 3 rings (SSSR count). The molecular formula is C19H20Cl2N2O2. The van der Waals surface area contributed by atoms with Crippen LogP contribution in [0.2, 0.25) is 5.02 Å². The maximum atomic E-state index is 9.60. The summed E-state index contributed by atoms with van der Waals surface area (Å²) in [5.41, 5.74) is 4.47. The Balaban J connectivity index is 0.00000225. The van der Waals surface area contributed by atoms with Gasteiger partial charge < -0.3 is 15.5 Å². The Labute approximate surface area is 157 Å². The van der Waals surface area contributed by atoms with Crippen LogP contribution in [0.25, 0.3) is 22.2 Å². The first-order valence-electron chi connectivity index (χ1n) is 7.77. The topological polar surface area (TPSA) is 65.4 Å². The Kier molecular flexibility index (Phi) is 6.62. The van der Waals surface area contributed by atoms with Crippen molar-refractivity contribution in [2.75, 3.05) is 18.5 Å². The first kappa shape index (κ1) is 19.5. The maximum Gasteiger partial charge on any atom is 0.0942 e. The van der Waals surface area contributed by atoms with E-state index in [-0.39, 0.29) is 25.6 Å². The largest absolute Gasteiger partial charge is 0.394 e. The summed E-state index contributed by atoms with van der Waals surface area (Å²) in [6.45, 7) is 1.94. The molecule has 6 heteroatoms. The molecule has 0 aliphatic carbocycles. The highest BCUT2D eigenvalue weighted by atomic mass is 35.5. The number of anilines is 1. The summed E-state index contributed by atoms with van der Waals surface area (Å²) in [6.07, 6.45) is -0.811. The van der Waals surface area contributed by atoms with Gasteiger partial charge in [0.25, 0.3) is 0 Å². The van der Waals surface area contributed by atoms with Crippen molar-refractivity contribution in [2.24, 2.45) is 0 Å². The van der Waals surface area contributed by atoms with Gasteiger partial charge in [0, 0.05) is 28.2 Å². The fraction of sp³-hybridized carbons (Fsp3) is 0.211. The number of hydrogen-bond acceptors (Lipinski definition) is 4. The van der Waals surface area contributed by atoms with Crippen molar-refractivity contribution in [2.45, 2.75) is 13.0 Å². The lowest BCUT2D eigenvalue weighted by Gasteiger charge is -2.14. The fourth-order valence-electron chi connectivity index (χ4n) is 2.51. The van der Waals surface area contributed by atoms with Crippen molar-refractivity contribution in [1.29, 1.82) is 0 Å². The molecule has 1 heterocycles. The number of para-hydroxylation sites is 1. The van der Waals surface area contributed by atoms with Gasteiger partial charge in [-0.3, -0.25) is 0 Å². The van der Waals surface area contributed by atoms with Crippen LogP contribution >= 0.6 is 24.0 Å². The van der Waals surface area contributed by atoms with E-state index in [1.54, 1.807) is 0 Å². The minimum Gasteiger partial charge on any atom is -0.394 e. The van der Waals surface area contributed by atoms with Gasteiger partial charge in [-0.1, -0.05) is 41.9 Å². The van der Waals surface area contributed by atoms with E-state index in [4.69, 9.17) is 21.7 Å². The highest BCUT2D eigenvalue weighted by molar-refractivity contribution is 6.31. The molecule has 4 nitrogen and oxygen atoms in total. The van der Waals surface area contributed by atoms with Gasteiger partial charge in [0.1, 0.15) is 0 Å². The lowest BCUT2D eigenvalue weighted by atomic mass is 10.1. The van der Waals surface area contributed by atoms with Crippen molar-refractivity contribution >= 4 is 40.6 Å². The second kappa shape index (κ2) is 8.50. The van der Waals surface area contributed by atoms with Crippen molar-refractivity contribution in [1.82, 2.24) is 4.98 Å². The molecule has 0 unspecified atom stereocenters. The average Bonchev–Trinajstić information content (AvgIpc) is 2.61. The molecule has 3 aromatic rings. The first-order valence-corrected chi connectivity index (χ1v) is 8.15. The van der Waals surface area contributed by atoms with Crippen LogP contribution in [0.3, 0.4) is 0 Å². The van der Waals surface area contributed by atoms with E-state index >= 15 is 0 Å². The number of nitrogens with one attached hydrogen (secondary N) is 1. The van der Waals surface area contributed by atoms with Crippen LogP contribution in [0, 0.1) is 6.92 Å². The highest BCUT2D eigenvalue weighted by Gasteiger charge is 2.10. The van der Waals surface area contributed by atoms with Gasteiger partial charge in [-0.2, -0.15) is 0 Å². The molecule has 0 radical (unpaired) electrons. The second-order valence-corrected chi connectivity index (χ2v) is 6.16. The van der Waals surface area contributed by atoms with Crippen molar-refractivity contribution in [3.05, 3.63) is 59.1 Å². The molecule has 0 saturated heterocycles. The number of aliphatic hydroxyl groups excluding tert-OH is 2. The van der Waals surface area contributed by atoms with Gasteiger partial charge >= 0.3 is 0 Å². The molecule has 2 aromatic carbocycles. The summed E-state index contributed by atoms with van der Waals surface area (Å²) in [6, 6.07) is 15.6. The van der Waals surface area contributed by atoms with Crippen LogP contribution in [0.5, 0.6) is 0 Å². The van der Waals surface area contributed by atoms with E-state index in [1.165, 1.54) is 0 Å². The highest BCUT2D eigenvalue weighted by Crippen LogP contribution is 2.30. The third-order valence-electron chi connectivity index (χ3n) is 3.92. The number of aromatic nitrogens is 1. The van der Waals surface area contributed by atoms with Gasteiger partial charge in [-0.15, -0.1) is 12.4 Å². The summed E-state index contributed by atoms with van der Waals surface area (Å²) < 4.78 is 0. The molecule has 0 saturated carbocycles. The molecule has 3 N–H and O–H groups in total. The third-order valence-corrected chi connectivity index (χ3v) is 4.33. The number of rotatable bonds is 5. The second-order valence-electron chi connectivity index (χ2n) is 5.75. The van der Waals surface area contributed by atoms with Crippen LogP contribution in [-0.2, 0) is 0 Å². The van der Waals surface area contributed by atoms with Gasteiger partial charge in [0.2, 0.25) is 0 Å². The van der Waals surface area contributed by atoms with E-state index in [2.05, 4.69) is 5.32 Å². The van der Waals surface area contributed by atoms with Gasteiger partial charge in [0.05, 0.1) is 23.9 Å². The Bertz CT molecular complexity index is 871. The average molecular weight is 379 g/mol. The quantitative estimate of drug-likeness (QED) is 0.626. The zero-order valence-electron chi connectivity index (χ0n) is 13.7.